The molecule has 1 aromatic carbocycles. The van der Waals surface area contributed by atoms with E-state index >= 15 is 0 Å². The average molecular weight is 591 g/mol. The maximum absolute atomic E-state index is 13.9. The number of imide groups is 1. The summed E-state index contributed by atoms with van der Waals surface area (Å²) in [5.74, 6) is -0.782. The molecule has 3 N–H and O–H groups in total. The highest BCUT2D eigenvalue weighted by Gasteiger charge is 2.56. The number of amides is 2. The normalized spacial score (nSPS) is 24.6. The number of fused-ring (bicyclic) bond motifs is 1. The Labute approximate surface area is 254 Å². The fraction of sp³-hybridized carbons (Fsp3) is 0.543. The van der Waals surface area contributed by atoms with Crippen LogP contribution in [0.1, 0.15) is 75.9 Å². The highest BCUT2D eigenvalue weighted by molar-refractivity contribution is 6.06. The number of benzene rings is 1. The Morgan fingerprint density at radius 2 is 1.79 bits per heavy atom. The monoisotopic (exact) mass is 590 g/mol. The van der Waals surface area contributed by atoms with E-state index in [0.29, 0.717) is 30.8 Å². The van der Waals surface area contributed by atoms with Crippen LogP contribution in [-0.2, 0) is 22.7 Å². The van der Waals surface area contributed by atoms with Gasteiger partial charge >= 0.3 is 0 Å². The second kappa shape index (κ2) is 14.2. The zero-order chi connectivity index (χ0) is 30.5. The molecule has 0 bridgehead atoms. The molecular formula is C35H46N2O6. The lowest BCUT2D eigenvalue weighted by Gasteiger charge is -2.36. The van der Waals surface area contributed by atoms with Gasteiger partial charge in [0.25, 0.3) is 0 Å². The largest absolute Gasteiger partial charge is 0.459 e. The first-order chi connectivity index (χ1) is 20.8. The molecule has 0 unspecified atom stereocenters. The molecular weight excluding hydrogens is 544 g/mol. The number of furan rings is 1. The summed E-state index contributed by atoms with van der Waals surface area (Å²) in [5, 5.41) is 31.3. The summed E-state index contributed by atoms with van der Waals surface area (Å²) in [7, 11) is 0. The van der Waals surface area contributed by atoms with Gasteiger partial charge in [0.1, 0.15) is 18.1 Å². The smallest absolute Gasteiger partial charge is 0.234 e. The number of aliphatic hydroxyl groups excluding tert-OH is 3. The second-order valence-corrected chi connectivity index (χ2v) is 12.5. The van der Waals surface area contributed by atoms with E-state index in [4.69, 9.17) is 4.42 Å². The van der Waals surface area contributed by atoms with Crippen LogP contribution in [0.25, 0.3) is 6.08 Å². The van der Waals surface area contributed by atoms with Gasteiger partial charge in [-0.25, -0.2) is 0 Å². The quantitative estimate of drug-likeness (QED) is 0.243. The summed E-state index contributed by atoms with van der Waals surface area (Å²) in [5.41, 5.74) is 4.02. The van der Waals surface area contributed by atoms with E-state index in [9.17, 15) is 24.9 Å². The van der Waals surface area contributed by atoms with Crippen molar-refractivity contribution in [3.05, 3.63) is 76.3 Å². The number of carbonyl (C=O) groups is 2. The molecule has 43 heavy (non-hydrogen) atoms. The molecule has 1 aliphatic carbocycles. The molecule has 2 fully saturated rings. The maximum Gasteiger partial charge on any atom is 0.234 e. The lowest BCUT2D eigenvalue weighted by atomic mass is 9.68. The predicted octanol–water partition coefficient (Wildman–Crippen LogP) is 4.69. The minimum Gasteiger partial charge on any atom is -0.459 e. The van der Waals surface area contributed by atoms with Crippen molar-refractivity contribution in [2.24, 2.45) is 17.8 Å². The Bertz CT molecular complexity index is 1320. The fourth-order valence-electron chi connectivity index (χ4n) is 7.50. The molecule has 0 spiro atoms. The third kappa shape index (κ3) is 6.88. The van der Waals surface area contributed by atoms with Crippen molar-refractivity contribution < 1.29 is 29.3 Å². The van der Waals surface area contributed by atoms with E-state index in [0.717, 1.165) is 62.0 Å². The number of nitrogens with zero attached hydrogens (tertiary/aromatic N) is 2. The Balaban J connectivity index is 1.25. The topological polar surface area (TPSA) is 114 Å². The summed E-state index contributed by atoms with van der Waals surface area (Å²) in [6.07, 6.45) is 5.96. The van der Waals surface area contributed by atoms with Crippen molar-refractivity contribution in [3.8, 4) is 0 Å². The van der Waals surface area contributed by atoms with E-state index in [-0.39, 0.29) is 31.1 Å². The van der Waals surface area contributed by atoms with Crippen LogP contribution in [0.15, 0.2) is 63.6 Å². The zero-order valence-corrected chi connectivity index (χ0v) is 25.5. The van der Waals surface area contributed by atoms with Gasteiger partial charge in [0.15, 0.2) is 0 Å². The molecule has 3 heterocycles. The van der Waals surface area contributed by atoms with Gasteiger partial charge in [0.2, 0.25) is 11.8 Å². The summed E-state index contributed by atoms with van der Waals surface area (Å²) < 4.78 is 5.64. The molecule has 2 saturated heterocycles. The van der Waals surface area contributed by atoms with E-state index in [1.54, 1.807) is 6.07 Å². The Kier molecular flexibility index (Phi) is 10.3. The van der Waals surface area contributed by atoms with Crippen LogP contribution in [0.5, 0.6) is 0 Å². The van der Waals surface area contributed by atoms with Crippen LogP contribution in [0.2, 0.25) is 0 Å². The molecule has 1 aromatic heterocycles. The number of rotatable bonds is 12. The molecule has 2 amide bonds. The summed E-state index contributed by atoms with van der Waals surface area (Å²) >= 11 is 0. The molecule has 2 aliphatic heterocycles. The molecule has 0 radical (unpaired) electrons. The molecule has 5 rings (SSSR count). The van der Waals surface area contributed by atoms with E-state index < -0.39 is 23.9 Å². The van der Waals surface area contributed by atoms with Gasteiger partial charge in [-0.1, -0.05) is 54.8 Å². The Hall–Kier alpha value is -3.04. The predicted molar refractivity (Wildman–Crippen MR) is 164 cm³/mol. The first kappa shape index (κ1) is 31.4. The number of hydrogen-bond donors (Lipinski definition) is 3. The molecule has 2 aromatic rings. The standard InChI is InChI=1S/C35H46N2O6/c1-3-7-24(19-27-11-12-28(21-38)43-27)10-13-31(40)32-23(2)18-29-33(30(32)22-39)35(42)37(34(29)41)26-14-16-36(17-15-26)20-25-8-5-4-6-9-25/h4-6,8-9,11-12,19,26,29-31,33,38-40H,3,7,10,13-18,20-22H2,1-2H3/b24-19+/t29-,30+,31-,33-/m1/s1. The molecule has 232 valence electrons. The maximum atomic E-state index is 13.9. The molecule has 4 atom stereocenters. The third-order valence-electron chi connectivity index (χ3n) is 9.58. The van der Waals surface area contributed by atoms with Crippen molar-refractivity contribution >= 4 is 17.9 Å². The van der Waals surface area contributed by atoms with Crippen molar-refractivity contribution in [2.75, 3.05) is 19.7 Å². The third-order valence-corrected chi connectivity index (χ3v) is 9.58. The van der Waals surface area contributed by atoms with Crippen LogP contribution in [0.4, 0.5) is 0 Å². The number of likely N-dealkylation sites (tertiary alicyclic amines) is 2. The Morgan fingerprint density at radius 1 is 1.05 bits per heavy atom. The van der Waals surface area contributed by atoms with Gasteiger partial charge < -0.3 is 19.7 Å². The number of allylic oxidation sites excluding steroid dienone is 2. The van der Waals surface area contributed by atoms with Crippen LogP contribution < -0.4 is 0 Å². The molecule has 8 heteroatoms. The van der Waals surface area contributed by atoms with Gasteiger partial charge in [-0.15, -0.1) is 0 Å². The highest BCUT2D eigenvalue weighted by Crippen LogP contribution is 2.47. The average Bonchev–Trinajstić information content (AvgIpc) is 3.57. The number of piperidine rings is 1. The van der Waals surface area contributed by atoms with E-state index in [2.05, 4.69) is 24.0 Å². The second-order valence-electron chi connectivity index (χ2n) is 12.5. The van der Waals surface area contributed by atoms with Crippen LogP contribution in [0, 0.1) is 17.8 Å². The number of hydrogen-bond acceptors (Lipinski definition) is 7. The summed E-state index contributed by atoms with van der Waals surface area (Å²) in [6.45, 7) is 6.11. The van der Waals surface area contributed by atoms with Crippen LogP contribution >= 0.6 is 0 Å². The Morgan fingerprint density at radius 3 is 2.44 bits per heavy atom. The zero-order valence-electron chi connectivity index (χ0n) is 25.5. The number of aliphatic hydroxyl groups is 3. The first-order valence-corrected chi connectivity index (χ1v) is 15.8. The lowest BCUT2D eigenvalue weighted by Crippen LogP contribution is -2.47. The lowest BCUT2D eigenvalue weighted by molar-refractivity contribution is -0.144. The van der Waals surface area contributed by atoms with Gasteiger partial charge in [-0.3, -0.25) is 19.4 Å². The minimum atomic E-state index is -0.818. The van der Waals surface area contributed by atoms with Gasteiger partial charge in [0.05, 0.1) is 24.5 Å². The van der Waals surface area contributed by atoms with Crippen molar-refractivity contribution in [2.45, 2.75) is 84.1 Å². The van der Waals surface area contributed by atoms with Crippen LogP contribution in [-0.4, -0.2) is 68.8 Å². The van der Waals surface area contributed by atoms with E-state index in [1.165, 1.54) is 10.5 Å². The fourth-order valence-corrected chi connectivity index (χ4v) is 7.50. The molecule has 3 aliphatic rings. The minimum absolute atomic E-state index is 0.114. The first-order valence-electron chi connectivity index (χ1n) is 15.8. The number of carbonyl (C=O) groups excluding carboxylic acids is 2. The van der Waals surface area contributed by atoms with Gasteiger partial charge in [0, 0.05) is 31.6 Å². The highest BCUT2D eigenvalue weighted by atomic mass is 16.4. The van der Waals surface area contributed by atoms with Crippen LogP contribution in [0.3, 0.4) is 0 Å². The van der Waals surface area contributed by atoms with E-state index in [1.807, 2.05) is 37.3 Å². The molecule has 8 nitrogen and oxygen atoms in total. The summed E-state index contributed by atoms with van der Waals surface area (Å²) in [4.78, 5) is 31.5. The molecule has 0 saturated carbocycles. The van der Waals surface area contributed by atoms with Crippen molar-refractivity contribution in [3.63, 3.8) is 0 Å². The van der Waals surface area contributed by atoms with Gasteiger partial charge in [-0.05, 0) is 74.8 Å². The SMILES string of the molecule is CCC/C(=C\c1ccc(CO)o1)CC[C@@H](O)C1=C(C)C[C@H]2C(=O)N(C3CCN(Cc4ccccc4)CC3)C(=O)[C@H]2[C@H]1CO. The van der Waals surface area contributed by atoms with Crippen molar-refractivity contribution in [1.29, 1.82) is 0 Å². The summed E-state index contributed by atoms with van der Waals surface area (Å²) in [6, 6.07) is 13.8. The van der Waals surface area contributed by atoms with Crippen molar-refractivity contribution in [1.82, 2.24) is 9.80 Å². The van der Waals surface area contributed by atoms with Gasteiger partial charge in [-0.2, -0.15) is 0 Å².